The van der Waals surface area contributed by atoms with Gasteiger partial charge in [0.1, 0.15) is 22.7 Å². The van der Waals surface area contributed by atoms with E-state index >= 15 is 0 Å². The monoisotopic (exact) mass is 636 g/mol. The van der Waals surface area contributed by atoms with E-state index in [1.807, 2.05) is 0 Å². The van der Waals surface area contributed by atoms with Crippen molar-refractivity contribution in [1.82, 2.24) is 0 Å². The van der Waals surface area contributed by atoms with Crippen LogP contribution in [0.1, 0.15) is 0 Å². The zero-order valence-corrected chi connectivity index (χ0v) is 27.0. The summed E-state index contributed by atoms with van der Waals surface area (Å²) >= 11 is 0. The number of hydrogen-bond donors (Lipinski definition) is 0. The minimum absolute atomic E-state index is 0.861. The van der Waals surface area contributed by atoms with Crippen LogP contribution in [0, 0.1) is 0 Å². The predicted octanol–water partition coefficient (Wildman–Crippen LogP) is 13.8. The summed E-state index contributed by atoms with van der Waals surface area (Å²) in [5.74, 6) is 1.74. The first-order valence-corrected chi connectivity index (χ1v) is 17.1. The molecule has 2 heterocycles. The molecular formula is C48H28O2. The molecule has 232 valence electrons. The third-order valence-corrected chi connectivity index (χ3v) is 10.5. The summed E-state index contributed by atoms with van der Waals surface area (Å²) in [6.45, 7) is 0. The summed E-state index contributed by atoms with van der Waals surface area (Å²) in [7, 11) is 0. The third-order valence-electron chi connectivity index (χ3n) is 10.5. The topological polar surface area (TPSA) is 22.4 Å². The summed E-state index contributed by atoms with van der Waals surface area (Å²) < 4.78 is 13.3. The highest BCUT2D eigenvalue weighted by molar-refractivity contribution is 6.24. The van der Waals surface area contributed by atoms with Crippen molar-refractivity contribution in [2.24, 2.45) is 0 Å². The maximum Gasteiger partial charge on any atom is 0.136 e. The van der Waals surface area contributed by atoms with Gasteiger partial charge in [-0.1, -0.05) is 127 Å². The Hall–Kier alpha value is -6.64. The second kappa shape index (κ2) is 10.4. The van der Waals surface area contributed by atoms with Gasteiger partial charge in [0.15, 0.2) is 0 Å². The molecule has 0 atom stereocenters. The van der Waals surface area contributed by atoms with E-state index in [0.29, 0.717) is 0 Å². The Morgan fingerprint density at radius 2 is 0.980 bits per heavy atom. The van der Waals surface area contributed by atoms with Gasteiger partial charge in [-0.25, -0.2) is 0 Å². The maximum atomic E-state index is 6.68. The van der Waals surface area contributed by atoms with Crippen molar-refractivity contribution in [2.45, 2.75) is 0 Å². The Morgan fingerprint density at radius 1 is 0.300 bits per heavy atom. The summed E-state index contributed by atoms with van der Waals surface area (Å²) in [5, 5.41) is 9.49. The molecule has 10 aromatic rings. The normalized spacial score (nSPS) is 12.2. The van der Waals surface area contributed by atoms with E-state index in [0.717, 1.165) is 72.0 Å². The molecule has 1 aromatic heterocycles. The number of hydrogen-bond acceptors (Lipinski definition) is 2. The molecule has 0 saturated carbocycles. The van der Waals surface area contributed by atoms with Crippen LogP contribution in [0.2, 0.25) is 0 Å². The van der Waals surface area contributed by atoms with Crippen LogP contribution < -0.4 is 4.74 Å². The molecule has 0 saturated heterocycles. The fourth-order valence-corrected chi connectivity index (χ4v) is 8.01. The Morgan fingerprint density at radius 3 is 1.90 bits per heavy atom. The summed E-state index contributed by atoms with van der Waals surface area (Å²) in [4.78, 5) is 0. The molecule has 9 aromatic carbocycles. The van der Waals surface area contributed by atoms with Crippen molar-refractivity contribution >= 4 is 54.3 Å². The molecule has 2 nitrogen and oxygen atoms in total. The zero-order chi connectivity index (χ0) is 32.8. The lowest BCUT2D eigenvalue weighted by molar-refractivity contribution is 0.487. The maximum absolute atomic E-state index is 6.68. The highest BCUT2D eigenvalue weighted by atomic mass is 16.5. The molecule has 0 radical (unpaired) electrons. The Balaban J connectivity index is 1.01. The van der Waals surface area contributed by atoms with Gasteiger partial charge in [-0.2, -0.15) is 0 Å². The van der Waals surface area contributed by atoms with Crippen LogP contribution in [0.5, 0.6) is 11.5 Å². The van der Waals surface area contributed by atoms with E-state index in [-0.39, 0.29) is 0 Å². The van der Waals surface area contributed by atoms with Crippen LogP contribution in [0.4, 0.5) is 0 Å². The Bertz CT molecular complexity index is 3000. The first kappa shape index (κ1) is 27.3. The first-order valence-electron chi connectivity index (χ1n) is 17.1. The lowest BCUT2D eigenvalue weighted by atomic mass is 9.90. The molecule has 1 aliphatic heterocycles. The second-order valence-electron chi connectivity index (χ2n) is 13.3. The number of rotatable bonds is 3. The number of fused-ring (bicyclic) bond motifs is 8. The standard InChI is InChI=1S/C48H28O2/c1-2-9-33-25-34(20-17-29(33)7-1)36-21-23-39-42-28-46-47(41-13-6-14-43(48(41)42)49-44(39)27-36)40-24-22-35(26-45(40)50-46)30-15-18-32(19-16-30)38-12-5-10-31-8-3-4-11-37(31)38/h1-28H. The molecule has 1 aliphatic rings. The lowest BCUT2D eigenvalue weighted by Crippen LogP contribution is -1.97. The molecule has 0 amide bonds. The van der Waals surface area contributed by atoms with Crippen molar-refractivity contribution in [3.63, 3.8) is 0 Å². The minimum atomic E-state index is 0.861. The molecular weight excluding hydrogens is 609 g/mol. The SMILES string of the molecule is c1ccc2cc(-c3ccc4c(c3)Oc3cccc5c3c-4cc3oc4cc(-c6ccc(-c7cccc8ccccc78)cc6)ccc4c35)ccc2c1. The van der Waals surface area contributed by atoms with Crippen molar-refractivity contribution in [3.05, 3.63) is 170 Å². The number of ether oxygens (including phenoxy) is 1. The molecule has 0 N–H and O–H groups in total. The van der Waals surface area contributed by atoms with Gasteiger partial charge in [0.05, 0.1) is 0 Å². The lowest BCUT2D eigenvalue weighted by Gasteiger charge is -2.22. The van der Waals surface area contributed by atoms with Crippen LogP contribution >= 0.6 is 0 Å². The van der Waals surface area contributed by atoms with E-state index in [9.17, 15) is 0 Å². The Labute approximate surface area is 288 Å². The van der Waals surface area contributed by atoms with Gasteiger partial charge in [-0.05, 0) is 103 Å². The van der Waals surface area contributed by atoms with Crippen molar-refractivity contribution in [2.75, 3.05) is 0 Å². The first-order chi connectivity index (χ1) is 24.7. The molecule has 0 unspecified atom stereocenters. The Kier molecular flexibility index (Phi) is 5.70. The molecule has 0 bridgehead atoms. The molecule has 11 rings (SSSR count). The number of benzene rings is 9. The van der Waals surface area contributed by atoms with E-state index in [1.165, 1.54) is 38.2 Å². The molecule has 0 fully saturated rings. The smallest absolute Gasteiger partial charge is 0.136 e. The van der Waals surface area contributed by atoms with Crippen molar-refractivity contribution in [1.29, 1.82) is 0 Å². The zero-order valence-electron chi connectivity index (χ0n) is 27.0. The van der Waals surface area contributed by atoms with Gasteiger partial charge in [0, 0.05) is 27.3 Å². The fraction of sp³-hybridized carbons (Fsp3) is 0. The highest BCUT2D eigenvalue weighted by Gasteiger charge is 2.24. The van der Waals surface area contributed by atoms with E-state index < -0.39 is 0 Å². The van der Waals surface area contributed by atoms with Crippen molar-refractivity contribution in [3.8, 4) is 56.0 Å². The number of furan rings is 1. The minimum Gasteiger partial charge on any atom is -0.456 e. The van der Waals surface area contributed by atoms with Crippen LogP contribution in [0.15, 0.2) is 174 Å². The molecule has 0 aliphatic carbocycles. The largest absolute Gasteiger partial charge is 0.456 e. The predicted molar refractivity (Wildman–Crippen MR) is 208 cm³/mol. The summed E-state index contributed by atoms with van der Waals surface area (Å²) in [5.41, 5.74) is 11.0. The highest BCUT2D eigenvalue weighted by Crippen LogP contribution is 2.51. The average molecular weight is 637 g/mol. The van der Waals surface area contributed by atoms with Crippen LogP contribution in [-0.2, 0) is 0 Å². The van der Waals surface area contributed by atoms with Gasteiger partial charge < -0.3 is 9.15 Å². The van der Waals surface area contributed by atoms with Gasteiger partial charge in [-0.15, -0.1) is 0 Å². The van der Waals surface area contributed by atoms with E-state index in [4.69, 9.17) is 9.15 Å². The van der Waals surface area contributed by atoms with E-state index in [1.54, 1.807) is 0 Å². The van der Waals surface area contributed by atoms with Crippen LogP contribution in [-0.4, -0.2) is 0 Å². The molecule has 0 spiro atoms. The van der Waals surface area contributed by atoms with E-state index in [2.05, 4.69) is 170 Å². The third kappa shape index (κ3) is 4.09. The van der Waals surface area contributed by atoms with Gasteiger partial charge >= 0.3 is 0 Å². The van der Waals surface area contributed by atoms with Crippen LogP contribution in [0.3, 0.4) is 0 Å². The second-order valence-corrected chi connectivity index (χ2v) is 13.3. The van der Waals surface area contributed by atoms with Crippen LogP contribution in [0.25, 0.3) is 98.8 Å². The summed E-state index contributed by atoms with van der Waals surface area (Å²) in [6.07, 6.45) is 0. The van der Waals surface area contributed by atoms with Crippen molar-refractivity contribution < 1.29 is 9.15 Å². The molecule has 50 heavy (non-hydrogen) atoms. The van der Waals surface area contributed by atoms with Gasteiger partial charge in [0.2, 0.25) is 0 Å². The summed E-state index contributed by atoms with van der Waals surface area (Å²) in [6, 6.07) is 60.8. The van der Waals surface area contributed by atoms with Gasteiger partial charge in [-0.3, -0.25) is 0 Å². The average Bonchev–Trinajstić information content (AvgIpc) is 3.55. The fourth-order valence-electron chi connectivity index (χ4n) is 8.01. The molecule has 2 heteroatoms. The quantitative estimate of drug-likeness (QED) is 0.193. The van der Waals surface area contributed by atoms with Gasteiger partial charge in [0.25, 0.3) is 0 Å².